The van der Waals surface area contributed by atoms with Crippen molar-refractivity contribution in [2.75, 3.05) is 11.4 Å². The fourth-order valence-electron chi connectivity index (χ4n) is 3.99. The third kappa shape index (κ3) is 2.64. The highest BCUT2D eigenvalue weighted by molar-refractivity contribution is 5.59. The summed E-state index contributed by atoms with van der Waals surface area (Å²) in [7, 11) is 0. The molecule has 3 heterocycles. The van der Waals surface area contributed by atoms with E-state index in [1.54, 1.807) is 18.3 Å². The van der Waals surface area contributed by atoms with Crippen molar-refractivity contribution in [3.8, 4) is 11.5 Å². The minimum atomic E-state index is -0.155. The monoisotopic (exact) mass is 346 g/mol. The molecule has 2 aliphatic rings. The minimum absolute atomic E-state index is 0.155. The fourth-order valence-corrected chi connectivity index (χ4v) is 3.99. The Morgan fingerprint density at radius 1 is 0.962 bits per heavy atom. The second-order valence-corrected chi connectivity index (χ2v) is 6.95. The number of fused-ring (bicyclic) bond motifs is 2. The van der Waals surface area contributed by atoms with Gasteiger partial charge in [-0.25, -0.2) is 14.4 Å². The van der Waals surface area contributed by atoms with Crippen LogP contribution in [0.25, 0.3) is 11.5 Å². The maximum absolute atomic E-state index is 13.5. The number of rotatable bonds is 2. The van der Waals surface area contributed by atoms with Gasteiger partial charge in [0.05, 0.1) is 0 Å². The molecular weight excluding hydrogens is 327 g/mol. The molecule has 0 fully saturated rings. The lowest BCUT2D eigenvalue weighted by atomic mass is 9.99. The third-order valence-electron chi connectivity index (χ3n) is 5.29. The molecule has 5 rings (SSSR count). The molecule has 1 aromatic carbocycles. The fraction of sp³-hybridized carbons (Fsp3) is 0.286. The quantitative estimate of drug-likeness (QED) is 0.709. The summed E-state index contributed by atoms with van der Waals surface area (Å²) in [6.07, 6.45) is 5.76. The summed E-state index contributed by atoms with van der Waals surface area (Å²) >= 11 is 0. The van der Waals surface area contributed by atoms with Gasteiger partial charge in [0.1, 0.15) is 17.3 Å². The number of hydrogen-bond acceptors (Lipinski definition) is 4. The zero-order valence-electron chi connectivity index (χ0n) is 14.5. The van der Waals surface area contributed by atoms with Gasteiger partial charge in [-0.2, -0.15) is 0 Å². The lowest BCUT2D eigenvalue weighted by Gasteiger charge is -2.31. The molecule has 5 heteroatoms. The van der Waals surface area contributed by atoms with Crippen molar-refractivity contribution in [2.24, 2.45) is 0 Å². The molecule has 4 nitrogen and oxygen atoms in total. The van der Waals surface area contributed by atoms with Gasteiger partial charge in [0.2, 0.25) is 0 Å². The predicted octanol–water partition coefficient (Wildman–Crippen LogP) is 3.73. The van der Waals surface area contributed by atoms with Crippen LogP contribution >= 0.6 is 0 Å². The lowest BCUT2D eigenvalue weighted by Crippen LogP contribution is -2.32. The van der Waals surface area contributed by atoms with Gasteiger partial charge in [0, 0.05) is 30.5 Å². The van der Waals surface area contributed by atoms with Gasteiger partial charge < -0.3 is 4.90 Å². The molecule has 0 unspecified atom stereocenters. The Bertz CT molecular complexity index is 971. The predicted molar refractivity (Wildman–Crippen MR) is 98.4 cm³/mol. The molecule has 3 aromatic rings. The molecule has 0 bridgehead atoms. The van der Waals surface area contributed by atoms with Crippen LogP contribution in [0.5, 0.6) is 0 Å². The molecule has 0 amide bonds. The number of hydrogen-bond donors (Lipinski definition) is 0. The van der Waals surface area contributed by atoms with Crippen LogP contribution in [0.4, 0.5) is 10.2 Å². The van der Waals surface area contributed by atoms with Gasteiger partial charge in [0.25, 0.3) is 0 Å². The molecule has 0 radical (unpaired) electrons. The van der Waals surface area contributed by atoms with Gasteiger partial charge in [-0.15, -0.1) is 0 Å². The molecule has 0 saturated carbocycles. The Labute approximate surface area is 151 Å². The van der Waals surface area contributed by atoms with Gasteiger partial charge >= 0.3 is 0 Å². The van der Waals surface area contributed by atoms with Crippen molar-refractivity contribution in [3.63, 3.8) is 0 Å². The van der Waals surface area contributed by atoms with E-state index in [0.29, 0.717) is 5.82 Å². The maximum atomic E-state index is 13.5. The second-order valence-electron chi connectivity index (χ2n) is 6.95. The third-order valence-corrected chi connectivity index (χ3v) is 5.29. The first-order valence-electron chi connectivity index (χ1n) is 9.11. The Hall–Kier alpha value is -2.82. The van der Waals surface area contributed by atoms with Crippen LogP contribution in [0.3, 0.4) is 0 Å². The number of benzene rings is 1. The highest BCUT2D eigenvalue weighted by Crippen LogP contribution is 2.33. The SMILES string of the molecule is Fc1ccc2c(c1)CCN(c1nc(-c3ccccn3)nc3c1CCC3)C2. The van der Waals surface area contributed by atoms with E-state index in [0.717, 1.165) is 61.5 Å². The van der Waals surface area contributed by atoms with Gasteiger partial charge in [-0.05, 0) is 61.1 Å². The second kappa shape index (κ2) is 6.16. The van der Waals surface area contributed by atoms with Crippen molar-refractivity contribution in [2.45, 2.75) is 32.2 Å². The van der Waals surface area contributed by atoms with Crippen molar-refractivity contribution < 1.29 is 4.39 Å². The van der Waals surface area contributed by atoms with E-state index in [2.05, 4.69) is 9.88 Å². The van der Waals surface area contributed by atoms with Crippen LogP contribution in [-0.4, -0.2) is 21.5 Å². The highest BCUT2D eigenvalue weighted by Gasteiger charge is 2.26. The summed E-state index contributed by atoms with van der Waals surface area (Å²) in [5.74, 6) is 1.58. The normalized spacial score (nSPS) is 15.7. The van der Waals surface area contributed by atoms with E-state index in [1.807, 2.05) is 24.3 Å². The lowest BCUT2D eigenvalue weighted by molar-refractivity contribution is 0.618. The summed E-state index contributed by atoms with van der Waals surface area (Å²) in [6, 6.07) is 10.9. The molecule has 1 aliphatic heterocycles. The summed E-state index contributed by atoms with van der Waals surface area (Å²) < 4.78 is 13.5. The molecule has 0 saturated heterocycles. The first-order chi connectivity index (χ1) is 12.8. The molecule has 130 valence electrons. The number of anilines is 1. The Morgan fingerprint density at radius 3 is 2.81 bits per heavy atom. The summed E-state index contributed by atoms with van der Waals surface area (Å²) in [4.78, 5) is 16.4. The largest absolute Gasteiger partial charge is 0.352 e. The highest BCUT2D eigenvalue weighted by atomic mass is 19.1. The number of aryl methyl sites for hydroxylation is 1. The minimum Gasteiger partial charge on any atom is -0.352 e. The number of pyridine rings is 1. The first-order valence-corrected chi connectivity index (χ1v) is 9.11. The summed E-state index contributed by atoms with van der Waals surface area (Å²) in [5.41, 5.74) is 5.53. The Balaban J connectivity index is 1.57. The smallest absolute Gasteiger partial charge is 0.180 e. The first kappa shape index (κ1) is 15.4. The van der Waals surface area contributed by atoms with Crippen LogP contribution in [0.1, 0.15) is 28.8 Å². The Kier molecular flexibility index (Phi) is 3.66. The van der Waals surface area contributed by atoms with E-state index in [-0.39, 0.29) is 5.82 Å². The summed E-state index contributed by atoms with van der Waals surface area (Å²) in [6.45, 7) is 1.61. The van der Waals surface area contributed by atoms with Gasteiger partial charge in [-0.3, -0.25) is 4.98 Å². The maximum Gasteiger partial charge on any atom is 0.180 e. The average molecular weight is 346 g/mol. The standard InChI is InChI=1S/C21H19FN4/c22-16-8-7-15-13-26(11-9-14(15)12-16)21-17-4-3-6-18(17)24-20(25-21)19-5-1-2-10-23-19/h1-2,5,7-8,10,12H,3-4,6,9,11,13H2. The number of nitrogens with zero attached hydrogens (tertiary/aromatic N) is 4. The van der Waals surface area contributed by atoms with E-state index in [1.165, 1.54) is 11.1 Å². The van der Waals surface area contributed by atoms with Crippen molar-refractivity contribution in [1.29, 1.82) is 0 Å². The van der Waals surface area contributed by atoms with Gasteiger partial charge in [0.15, 0.2) is 5.82 Å². The molecule has 0 N–H and O–H groups in total. The molecular formula is C21H19FN4. The van der Waals surface area contributed by atoms with Crippen LogP contribution in [0, 0.1) is 5.82 Å². The summed E-state index contributed by atoms with van der Waals surface area (Å²) in [5, 5.41) is 0. The average Bonchev–Trinajstić information content (AvgIpc) is 3.16. The molecule has 0 atom stereocenters. The van der Waals surface area contributed by atoms with Crippen molar-refractivity contribution >= 4 is 5.82 Å². The zero-order chi connectivity index (χ0) is 17.5. The van der Waals surface area contributed by atoms with E-state index in [9.17, 15) is 4.39 Å². The van der Waals surface area contributed by atoms with E-state index >= 15 is 0 Å². The molecule has 26 heavy (non-hydrogen) atoms. The van der Waals surface area contributed by atoms with Crippen molar-refractivity contribution in [3.05, 3.63) is 70.8 Å². The number of halogens is 1. The van der Waals surface area contributed by atoms with Gasteiger partial charge in [-0.1, -0.05) is 12.1 Å². The van der Waals surface area contributed by atoms with Crippen LogP contribution in [0.15, 0.2) is 42.6 Å². The zero-order valence-corrected chi connectivity index (χ0v) is 14.5. The van der Waals surface area contributed by atoms with Crippen LogP contribution < -0.4 is 4.90 Å². The number of aromatic nitrogens is 3. The molecule has 2 aromatic heterocycles. The van der Waals surface area contributed by atoms with E-state index in [4.69, 9.17) is 9.97 Å². The van der Waals surface area contributed by atoms with E-state index < -0.39 is 0 Å². The Morgan fingerprint density at radius 2 is 1.92 bits per heavy atom. The topological polar surface area (TPSA) is 41.9 Å². The molecule has 0 spiro atoms. The molecule has 1 aliphatic carbocycles. The van der Waals surface area contributed by atoms with Crippen LogP contribution in [-0.2, 0) is 25.8 Å². The van der Waals surface area contributed by atoms with Crippen LogP contribution in [0.2, 0.25) is 0 Å². The van der Waals surface area contributed by atoms with Crippen molar-refractivity contribution in [1.82, 2.24) is 15.0 Å².